The Bertz CT molecular complexity index is 790. The first-order chi connectivity index (χ1) is 9.65. The van der Waals surface area contributed by atoms with Crippen LogP contribution in [0.4, 0.5) is 8.78 Å². The highest BCUT2D eigenvalue weighted by molar-refractivity contribution is 9.10. The standard InChI is InChI=1S/C14H7BrF2N2O/c15-9-5-11(16)13(17)12(6-9)20-14-10-4-2-1-3-8(10)7-18-19-14/h1-7H. The average Bonchev–Trinajstić information content (AvgIpc) is 2.44. The zero-order chi connectivity index (χ0) is 14.1. The molecule has 0 N–H and O–H groups in total. The lowest BCUT2D eigenvalue weighted by molar-refractivity contribution is 0.405. The quantitative estimate of drug-likeness (QED) is 0.648. The molecule has 0 spiro atoms. The Balaban J connectivity index is 2.10. The number of benzene rings is 2. The fourth-order valence-corrected chi connectivity index (χ4v) is 2.20. The fraction of sp³-hybridized carbons (Fsp3) is 0. The Labute approximate surface area is 121 Å². The number of fused-ring (bicyclic) bond motifs is 1. The average molecular weight is 337 g/mol. The molecule has 3 nitrogen and oxygen atoms in total. The zero-order valence-corrected chi connectivity index (χ0v) is 11.6. The van der Waals surface area contributed by atoms with Gasteiger partial charge >= 0.3 is 0 Å². The van der Waals surface area contributed by atoms with Gasteiger partial charge in [0.1, 0.15) is 0 Å². The molecule has 0 aliphatic heterocycles. The molecule has 100 valence electrons. The third-order valence-electron chi connectivity index (χ3n) is 2.70. The van der Waals surface area contributed by atoms with Crippen LogP contribution in [0, 0.1) is 11.6 Å². The summed E-state index contributed by atoms with van der Waals surface area (Å²) in [7, 11) is 0. The van der Waals surface area contributed by atoms with Gasteiger partial charge in [-0.05, 0) is 18.2 Å². The molecule has 0 fully saturated rings. The lowest BCUT2D eigenvalue weighted by Crippen LogP contribution is -1.96. The molecular weight excluding hydrogens is 330 g/mol. The Morgan fingerprint density at radius 3 is 2.75 bits per heavy atom. The monoisotopic (exact) mass is 336 g/mol. The van der Waals surface area contributed by atoms with Crippen LogP contribution in [-0.4, -0.2) is 10.2 Å². The van der Waals surface area contributed by atoms with E-state index in [2.05, 4.69) is 26.1 Å². The van der Waals surface area contributed by atoms with E-state index in [1.807, 2.05) is 12.1 Å². The van der Waals surface area contributed by atoms with Crippen LogP contribution >= 0.6 is 15.9 Å². The van der Waals surface area contributed by atoms with E-state index in [-0.39, 0.29) is 11.6 Å². The van der Waals surface area contributed by atoms with Gasteiger partial charge in [0.2, 0.25) is 11.7 Å². The maximum Gasteiger partial charge on any atom is 0.246 e. The molecule has 3 aromatic rings. The minimum Gasteiger partial charge on any atom is -0.434 e. The van der Waals surface area contributed by atoms with Gasteiger partial charge in [0.25, 0.3) is 0 Å². The lowest BCUT2D eigenvalue weighted by atomic mass is 10.2. The number of halogens is 3. The van der Waals surface area contributed by atoms with Gasteiger partial charge < -0.3 is 4.74 Å². The van der Waals surface area contributed by atoms with E-state index in [0.717, 1.165) is 11.5 Å². The summed E-state index contributed by atoms with van der Waals surface area (Å²) in [5, 5.41) is 9.07. The number of aromatic nitrogens is 2. The SMILES string of the molecule is Fc1cc(Br)cc(Oc2nncc3ccccc23)c1F. The Hall–Kier alpha value is -2.08. The van der Waals surface area contributed by atoms with Crippen molar-refractivity contribution in [1.82, 2.24) is 10.2 Å². The van der Waals surface area contributed by atoms with Crippen molar-refractivity contribution in [3.05, 3.63) is 58.7 Å². The predicted octanol–water partition coefficient (Wildman–Crippen LogP) is 4.46. The smallest absolute Gasteiger partial charge is 0.246 e. The van der Waals surface area contributed by atoms with E-state index in [4.69, 9.17) is 4.74 Å². The first-order valence-electron chi connectivity index (χ1n) is 5.68. The van der Waals surface area contributed by atoms with Crippen LogP contribution in [0.5, 0.6) is 11.6 Å². The molecule has 3 rings (SSSR count). The van der Waals surface area contributed by atoms with Crippen molar-refractivity contribution < 1.29 is 13.5 Å². The van der Waals surface area contributed by atoms with E-state index in [1.165, 1.54) is 6.07 Å². The number of hydrogen-bond donors (Lipinski definition) is 0. The topological polar surface area (TPSA) is 35.0 Å². The molecule has 0 radical (unpaired) electrons. The van der Waals surface area contributed by atoms with Crippen LogP contribution in [0.25, 0.3) is 10.8 Å². The molecule has 0 bridgehead atoms. The van der Waals surface area contributed by atoms with E-state index in [1.54, 1.807) is 18.3 Å². The summed E-state index contributed by atoms with van der Waals surface area (Å²) in [6, 6.07) is 9.60. The molecular formula is C14H7BrF2N2O. The predicted molar refractivity (Wildman–Crippen MR) is 73.7 cm³/mol. The zero-order valence-electron chi connectivity index (χ0n) is 9.98. The van der Waals surface area contributed by atoms with Crippen LogP contribution in [-0.2, 0) is 0 Å². The molecule has 1 aromatic heterocycles. The molecule has 6 heteroatoms. The van der Waals surface area contributed by atoms with Crippen LogP contribution in [0.1, 0.15) is 0 Å². The summed E-state index contributed by atoms with van der Waals surface area (Å²) in [5.41, 5.74) is 0. The summed E-state index contributed by atoms with van der Waals surface area (Å²) in [4.78, 5) is 0. The van der Waals surface area contributed by atoms with Crippen molar-refractivity contribution in [2.45, 2.75) is 0 Å². The highest BCUT2D eigenvalue weighted by atomic mass is 79.9. The van der Waals surface area contributed by atoms with Gasteiger partial charge in [0, 0.05) is 15.2 Å². The van der Waals surface area contributed by atoms with Gasteiger partial charge in [-0.2, -0.15) is 9.49 Å². The van der Waals surface area contributed by atoms with Gasteiger partial charge in [-0.3, -0.25) is 0 Å². The molecule has 0 aliphatic carbocycles. The normalized spacial score (nSPS) is 10.8. The van der Waals surface area contributed by atoms with Crippen LogP contribution in [0.3, 0.4) is 0 Å². The van der Waals surface area contributed by atoms with Gasteiger partial charge in [0.15, 0.2) is 11.6 Å². The third kappa shape index (κ3) is 2.34. The van der Waals surface area contributed by atoms with Gasteiger partial charge in [0.05, 0.1) is 6.20 Å². The Kier molecular flexibility index (Phi) is 3.31. The molecule has 0 unspecified atom stereocenters. The van der Waals surface area contributed by atoms with Gasteiger partial charge in [-0.15, -0.1) is 5.10 Å². The lowest BCUT2D eigenvalue weighted by Gasteiger charge is -2.08. The number of hydrogen-bond acceptors (Lipinski definition) is 3. The van der Waals surface area contributed by atoms with Crippen LogP contribution < -0.4 is 4.74 Å². The van der Waals surface area contributed by atoms with E-state index in [0.29, 0.717) is 9.86 Å². The van der Waals surface area contributed by atoms with Crippen LogP contribution in [0.15, 0.2) is 47.1 Å². The highest BCUT2D eigenvalue weighted by Crippen LogP contribution is 2.31. The number of rotatable bonds is 2. The molecule has 0 saturated carbocycles. The summed E-state index contributed by atoms with van der Waals surface area (Å²) in [6.45, 7) is 0. The molecule has 0 atom stereocenters. The second-order valence-electron chi connectivity index (χ2n) is 4.04. The molecule has 0 aliphatic rings. The molecule has 0 saturated heterocycles. The second-order valence-corrected chi connectivity index (χ2v) is 4.95. The summed E-state index contributed by atoms with van der Waals surface area (Å²) < 4.78 is 32.8. The minimum absolute atomic E-state index is 0.125. The van der Waals surface area contributed by atoms with E-state index >= 15 is 0 Å². The van der Waals surface area contributed by atoms with Crippen molar-refractivity contribution in [2.75, 3.05) is 0 Å². The van der Waals surface area contributed by atoms with Crippen LogP contribution in [0.2, 0.25) is 0 Å². The Morgan fingerprint density at radius 1 is 1.10 bits per heavy atom. The van der Waals surface area contributed by atoms with Crippen molar-refractivity contribution in [3.8, 4) is 11.6 Å². The van der Waals surface area contributed by atoms with Crippen molar-refractivity contribution in [3.63, 3.8) is 0 Å². The first kappa shape index (κ1) is 12.9. The summed E-state index contributed by atoms with van der Waals surface area (Å²) in [6.07, 6.45) is 1.57. The molecule has 0 amide bonds. The van der Waals surface area contributed by atoms with E-state index in [9.17, 15) is 8.78 Å². The maximum absolute atomic E-state index is 13.7. The van der Waals surface area contributed by atoms with E-state index < -0.39 is 11.6 Å². The fourth-order valence-electron chi connectivity index (χ4n) is 1.79. The molecule has 1 heterocycles. The van der Waals surface area contributed by atoms with Gasteiger partial charge in [-0.1, -0.05) is 34.1 Å². The van der Waals surface area contributed by atoms with Crippen molar-refractivity contribution >= 4 is 26.7 Å². The third-order valence-corrected chi connectivity index (χ3v) is 3.16. The highest BCUT2D eigenvalue weighted by Gasteiger charge is 2.14. The summed E-state index contributed by atoms with van der Waals surface area (Å²) in [5.74, 6) is -2.19. The second kappa shape index (κ2) is 5.13. The van der Waals surface area contributed by atoms with Crippen molar-refractivity contribution in [1.29, 1.82) is 0 Å². The maximum atomic E-state index is 13.7. The first-order valence-corrected chi connectivity index (χ1v) is 6.47. The molecule has 2 aromatic carbocycles. The molecule has 20 heavy (non-hydrogen) atoms. The minimum atomic E-state index is -1.07. The van der Waals surface area contributed by atoms with Gasteiger partial charge in [-0.25, -0.2) is 4.39 Å². The largest absolute Gasteiger partial charge is 0.434 e. The number of nitrogens with zero attached hydrogens (tertiary/aromatic N) is 2. The number of ether oxygens (including phenoxy) is 1. The Morgan fingerprint density at radius 2 is 1.90 bits per heavy atom. The van der Waals surface area contributed by atoms with Crippen molar-refractivity contribution in [2.24, 2.45) is 0 Å². The summed E-state index contributed by atoms with van der Waals surface area (Å²) >= 11 is 3.09.